The summed E-state index contributed by atoms with van der Waals surface area (Å²) in [6, 6.07) is 62.7. The third-order valence-electron chi connectivity index (χ3n) is 10.3. The molecule has 0 aliphatic rings. The molecular weight excluding hydrogens is 665 g/mol. The van der Waals surface area contributed by atoms with Gasteiger partial charge in [-0.05, 0) is 71.8 Å². The van der Waals surface area contributed by atoms with Gasteiger partial charge in [0.25, 0.3) is 0 Å². The van der Waals surface area contributed by atoms with Crippen molar-refractivity contribution in [1.82, 2.24) is 4.98 Å². The van der Waals surface area contributed by atoms with Gasteiger partial charge in [0.2, 0.25) is 5.89 Å². The molecule has 0 amide bonds. The van der Waals surface area contributed by atoms with Crippen molar-refractivity contribution in [1.29, 1.82) is 0 Å². The van der Waals surface area contributed by atoms with Crippen LogP contribution in [0.25, 0.3) is 88.7 Å². The molecular formula is C49H30N2O3. The van der Waals surface area contributed by atoms with Gasteiger partial charge >= 0.3 is 0 Å². The molecule has 11 aromatic rings. The Kier molecular flexibility index (Phi) is 6.79. The van der Waals surface area contributed by atoms with Crippen molar-refractivity contribution in [2.75, 3.05) is 4.90 Å². The molecule has 3 aromatic heterocycles. The monoisotopic (exact) mass is 694 g/mol. The molecule has 3 heterocycles. The average molecular weight is 695 g/mol. The SMILES string of the molecule is c1ccc(-c2nc3ccc4oc5cc(N(c6ccc(-c7cccc8c7oc7ccccc78)cc6)c6ccccc6-c6ccccc6)ccc5c4c3o2)cc1. The van der Waals surface area contributed by atoms with Crippen LogP contribution in [0, 0.1) is 0 Å². The molecule has 8 aromatic carbocycles. The summed E-state index contributed by atoms with van der Waals surface area (Å²) in [4.78, 5) is 7.12. The fourth-order valence-corrected chi connectivity index (χ4v) is 7.80. The lowest BCUT2D eigenvalue weighted by atomic mass is 10.00. The summed E-state index contributed by atoms with van der Waals surface area (Å²) in [5, 5.41) is 4.13. The molecule has 0 aliphatic carbocycles. The molecule has 0 N–H and O–H groups in total. The van der Waals surface area contributed by atoms with Crippen LogP contribution < -0.4 is 4.90 Å². The highest BCUT2D eigenvalue weighted by Gasteiger charge is 2.21. The molecule has 0 bridgehead atoms. The average Bonchev–Trinajstić information content (AvgIpc) is 3.95. The Morgan fingerprint density at radius 1 is 0.389 bits per heavy atom. The molecule has 254 valence electrons. The Bertz CT molecular complexity index is 3160. The van der Waals surface area contributed by atoms with E-state index in [2.05, 4.69) is 132 Å². The Balaban J connectivity index is 1.07. The van der Waals surface area contributed by atoms with Crippen LogP contribution in [0.3, 0.4) is 0 Å². The van der Waals surface area contributed by atoms with Crippen LogP contribution in [-0.2, 0) is 0 Å². The Labute approximate surface area is 309 Å². The highest BCUT2D eigenvalue weighted by Crippen LogP contribution is 2.45. The summed E-state index contributed by atoms with van der Waals surface area (Å²) in [7, 11) is 0. The molecule has 0 fully saturated rings. The summed E-state index contributed by atoms with van der Waals surface area (Å²) in [6.07, 6.45) is 0. The second kappa shape index (κ2) is 12.1. The van der Waals surface area contributed by atoms with E-state index >= 15 is 0 Å². The van der Waals surface area contributed by atoms with E-state index in [4.69, 9.17) is 18.2 Å². The van der Waals surface area contributed by atoms with Crippen molar-refractivity contribution in [3.05, 3.63) is 182 Å². The van der Waals surface area contributed by atoms with E-state index in [9.17, 15) is 0 Å². The summed E-state index contributed by atoms with van der Waals surface area (Å²) < 4.78 is 19.4. The third kappa shape index (κ3) is 4.83. The van der Waals surface area contributed by atoms with Crippen LogP contribution in [0.4, 0.5) is 17.1 Å². The molecule has 54 heavy (non-hydrogen) atoms. The molecule has 0 unspecified atom stereocenters. The zero-order chi connectivity index (χ0) is 35.6. The first kappa shape index (κ1) is 30.3. The third-order valence-corrected chi connectivity index (χ3v) is 10.3. The maximum absolute atomic E-state index is 6.57. The zero-order valence-corrected chi connectivity index (χ0v) is 28.9. The maximum atomic E-state index is 6.57. The topological polar surface area (TPSA) is 55.6 Å². The summed E-state index contributed by atoms with van der Waals surface area (Å²) in [5.41, 5.74) is 13.2. The van der Waals surface area contributed by atoms with E-state index in [1.165, 1.54) is 0 Å². The first-order valence-corrected chi connectivity index (χ1v) is 18.0. The predicted octanol–water partition coefficient (Wildman–Crippen LogP) is 14.1. The first-order chi connectivity index (χ1) is 26.8. The van der Waals surface area contributed by atoms with Crippen LogP contribution in [0.15, 0.2) is 195 Å². The number of hydrogen-bond acceptors (Lipinski definition) is 5. The highest BCUT2D eigenvalue weighted by molar-refractivity contribution is 6.17. The van der Waals surface area contributed by atoms with Crippen LogP contribution in [0.1, 0.15) is 0 Å². The molecule has 0 spiro atoms. The minimum Gasteiger partial charge on any atom is -0.456 e. The molecule has 0 saturated carbocycles. The Hall–Kier alpha value is -7.37. The van der Waals surface area contributed by atoms with Crippen molar-refractivity contribution in [3.63, 3.8) is 0 Å². The fraction of sp³-hybridized carbons (Fsp3) is 0. The number of fused-ring (bicyclic) bond motifs is 8. The van der Waals surface area contributed by atoms with E-state index < -0.39 is 0 Å². The Morgan fingerprint density at radius 3 is 1.93 bits per heavy atom. The number of benzene rings is 8. The predicted molar refractivity (Wildman–Crippen MR) is 220 cm³/mol. The standard InChI is InChI=1S/C49H30N2O3/c1-3-12-31(13-4-1)36-16-7-9-20-42(36)51(34-24-22-32(23-25-34)37-18-11-19-39-38-17-8-10-21-43(38)53-47(37)39)35-26-27-40-45(30-35)52-44-29-28-41-48(46(40)44)54-49(50-41)33-14-5-2-6-15-33/h1-30H. The normalized spacial score (nSPS) is 11.7. The second-order valence-corrected chi connectivity index (χ2v) is 13.5. The van der Waals surface area contributed by atoms with Gasteiger partial charge in [0.1, 0.15) is 27.8 Å². The van der Waals surface area contributed by atoms with Gasteiger partial charge in [-0.3, -0.25) is 0 Å². The first-order valence-electron chi connectivity index (χ1n) is 18.0. The van der Waals surface area contributed by atoms with E-state index in [0.717, 1.165) is 99.9 Å². The number of nitrogens with zero attached hydrogens (tertiary/aromatic N) is 2. The molecule has 11 rings (SSSR count). The van der Waals surface area contributed by atoms with Crippen LogP contribution in [0.5, 0.6) is 0 Å². The number of furan rings is 2. The molecule has 0 atom stereocenters. The van der Waals surface area contributed by atoms with Gasteiger partial charge in [-0.1, -0.05) is 115 Å². The molecule has 0 radical (unpaired) electrons. The van der Waals surface area contributed by atoms with Crippen molar-refractivity contribution >= 4 is 72.0 Å². The molecule has 0 saturated heterocycles. The number of rotatable bonds is 6. The quantitative estimate of drug-likeness (QED) is 0.173. The van der Waals surface area contributed by atoms with Gasteiger partial charge in [0.15, 0.2) is 5.58 Å². The van der Waals surface area contributed by atoms with Gasteiger partial charge in [0, 0.05) is 50.3 Å². The van der Waals surface area contributed by atoms with Gasteiger partial charge in [0.05, 0.1) is 11.1 Å². The van der Waals surface area contributed by atoms with Gasteiger partial charge in [-0.25, -0.2) is 4.98 Å². The minimum absolute atomic E-state index is 0.591. The number of aromatic nitrogens is 1. The van der Waals surface area contributed by atoms with Crippen LogP contribution in [0.2, 0.25) is 0 Å². The van der Waals surface area contributed by atoms with Crippen molar-refractivity contribution < 1.29 is 13.3 Å². The summed E-state index contributed by atoms with van der Waals surface area (Å²) in [5.74, 6) is 0.591. The number of oxazole rings is 1. The maximum Gasteiger partial charge on any atom is 0.227 e. The van der Waals surface area contributed by atoms with E-state index in [1.807, 2.05) is 54.6 Å². The molecule has 5 nitrogen and oxygen atoms in total. The second-order valence-electron chi connectivity index (χ2n) is 13.5. The lowest BCUT2D eigenvalue weighted by Gasteiger charge is -2.28. The fourth-order valence-electron chi connectivity index (χ4n) is 7.80. The van der Waals surface area contributed by atoms with Gasteiger partial charge < -0.3 is 18.2 Å². The highest BCUT2D eigenvalue weighted by atomic mass is 16.4. The summed E-state index contributed by atoms with van der Waals surface area (Å²) >= 11 is 0. The lowest BCUT2D eigenvalue weighted by molar-refractivity contribution is 0.622. The van der Waals surface area contributed by atoms with E-state index in [1.54, 1.807) is 0 Å². The number of anilines is 3. The largest absolute Gasteiger partial charge is 0.456 e. The van der Waals surface area contributed by atoms with E-state index in [-0.39, 0.29) is 0 Å². The smallest absolute Gasteiger partial charge is 0.227 e. The zero-order valence-electron chi connectivity index (χ0n) is 28.9. The molecule has 0 aliphatic heterocycles. The number of hydrogen-bond donors (Lipinski definition) is 0. The van der Waals surface area contributed by atoms with E-state index in [0.29, 0.717) is 5.89 Å². The summed E-state index contributed by atoms with van der Waals surface area (Å²) in [6.45, 7) is 0. The van der Waals surface area contributed by atoms with Crippen molar-refractivity contribution in [3.8, 4) is 33.7 Å². The van der Waals surface area contributed by atoms with Crippen molar-refractivity contribution in [2.24, 2.45) is 0 Å². The van der Waals surface area contributed by atoms with Crippen LogP contribution in [-0.4, -0.2) is 4.98 Å². The Morgan fingerprint density at radius 2 is 1.07 bits per heavy atom. The number of para-hydroxylation sites is 3. The van der Waals surface area contributed by atoms with Gasteiger partial charge in [-0.15, -0.1) is 0 Å². The molecule has 5 heteroatoms. The van der Waals surface area contributed by atoms with Gasteiger partial charge in [-0.2, -0.15) is 0 Å². The van der Waals surface area contributed by atoms with Crippen molar-refractivity contribution in [2.45, 2.75) is 0 Å². The minimum atomic E-state index is 0.591. The lowest BCUT2D eigenvalue weighted by Crippen LogP contribution is -2.11. The van der Waals surface area contributed by atoms with Crippen LogP contribution >= 0.6 is 0 Å².